The second kappa shape index (κ2) is 5.88. The van der Waals surface area contributed by atoms with Crippen molar-refractivity contribution in [1.29, 1.82) is 0 Å². The van der Waals surface area contributed by atoms with Gasteiger partial charge in [-0.2, -0.15) is 0 Å². The maximum Gasteiger partial charge on any atom is 0.241 e. The lowest BCUT2D eigenvalue weighted by Crippen LogP contribution is -2.56. The van der Waals surface area contributed by atoms with Gasteiger partial charge < -0.3 is 11.1 Å². The molecule has 0 spiro atoms. The van der Waals surface area contributed by atoms with Gasteiger partial charge in [0.15, 0.2) is 0 Å². The lowest BCUT2D eigenvalue weighted by atomic mass is 9.93. The third-order valence-corrected chi connectivity index (χ3v) is 5.67. The molecule has 2 fully saturated rings. The standard InChI is InChI=1S/C14H23N5OS/c1-10(11-17-18-13(15)21-11)16-12(20)14(6-2-3-7-14)19-8-4-5-9-19/h10H,2-9H2,1H3,(H2,15,18)(H,16,20)/t10-/m0/s1. The lowest BCUT2D eigenvalue weighted by molar-refractivity contribution is -0.133. The number of amides is 1. The monoisotopic (exact) mass is 309 g/mol. The van der Waals surface area contributed by atoms with Gasteiger partial charge in [0, 0.05) is 0 Å². The summed E-state index contributed by atoms with van der Waals surface area (Å²) in [5, 5.41) is 12.2. The average molecular weight is 309 g/mol. The molecule has 6 nitrogen and oxygen atoms in total. The molecule has 0 radical (unpaired) electrons. The van der Waals surface area contributed by atoms with Crippen molar-refractivity contribution in [1.82, 2.24) is 20.4 Å². The summed E-state index contributed by atoms with van der Waals surface area (Å²) in [7, 11) is 0. The molecule has 3 rings (SSSR count). The summed E-state index contributed by atoms with van der Waals surface area (Å²) in [6, 6.07) is -0.132. The van der Waals surface area contributed by atoms with Crippen LogP contribution in [0.4, 0.5) is 5.13 Å². The lowest BCUT2D eigenvalue weighted by Gasteiger charge is -2.37. The van der Waals surface area contributed by atoms with Crippen LogP contribution in [0.15, 0.2) is 0 Å². The van der Waals surface area contributed by atoms with E-state index in [-0.39, 0.29) is 17.5 Å². The molecule has 116 valence electrons. The highest BCUT2D eigenvalue weighted by atomic mass is 32.1. The van der Waals surface area contributed by atoms with Crippen molar-refractivity contribution in [3.8, 4) is 0 Å². The van der Waals surface area contributed by atoms with Gasteiger partial charge in [-0.05, 0) is 45.7 Å². The van der Waals surface area contributed by atoms with Crippen molar-refractivity contribution in [2.24, 2.45) is 0 Å². The molecule has 1 saturated heterocycles. The van der Waals surface area contributed by atoms with Crippen LogP contribution in [0.3, 0.4) is 0 Å². The predicted molar refractivity (Wildman–Crippen MR) is 82.9 cm³/mol. The summed E-state index contributed by atoms with van der Waals surface area (Å²) in [5.41, 5.74) is 5.33. The first kappa shape index (κ1) is 14.7. The number of anilines is 1. The first-order valence-electron chi connectivity index (χ1n) is 7.77. The maximum atomic E-state index is 12.9. The third kappa shape index (κ3) is 2.76. The molecule has 1 aromatic rings. The van der Waals surface area contributed by atoms with E-state index in [1.165, 1.54) is 24.2 Å². The number of nitrogens with one attached hydrogen (secondary N) is 1. The van der Waals surface area contributed by atoms with E-state index in [9.17, 15) is 4.79 Å². The van der Waals surface area contributed by atoms with Gasteiger partial charge in [-0.15, -0.1) is 10.2 Å². The minimum atomic E-state index is -0.291. The molecule has 0 bridgehead atoms. The highest BCUT2D eigenvalue weighted by Gasteiger charge is 2.47. The third-order valence-electron chi connectivity index (χ3n) is 4.74. The fourth-order valence-electron chi connectivity index (χ4n) is 3.61. The van der Waals surface area contributed by atoms with E-state index >= 15 is 0 Å². The van der Waals surface area contributed by atoms with E-state index in [1.807, 2.05) is 6.92 Å². The van der Waals surface area contributed by atoms with E-state index in [1.54, 1.807) is 0 Å². The van der Waals surface area contributed by atoms with Crippen LogP contribution >= 0.6 is 11.3 Å². The number of hydrogen-bond acceptors (Lipinski definition) is 6. The van der Waals surface area contributed by atoms with E-state index in [2.05, 4.69) is 20.4 Å². The highest BCUT2D eigenvalue weighted by molar-refractivity contribution is 7.15. The molecule has 2 heterocycles. The Morgan fingerprint density at radius 2 is 1.95 bits per heavy atom. The number of hydrogen-bond donors (Lipinski definition) is 2. The fourth-order valence-corrected chi connectivity index (χ4v) is 4.22. The SMILES string of the molecule is C[C@H](NC(=O)C1(N2CCCC2)CCCC1)c1nnc(N)s1. The molecular formula is C14H23N5OS. The zero-order chi connectivity index (χ0) is 14.9. The minimum Gasteiger partial charge on any atom is -0.374 e. The second-order valence-corrected chi connectivity index (χ2v) is 7.15. The topological polar surface area (TPSA) is 84.1 Å². The minimum absolute atomic E-state index is 0.132. The summed E-state index contributed by atoms with van der Waals surface area (Å²) < 4.78 is 0. The summed E-state index contributed by atoms with van der Waals surface area (Å²) in [6.07, 6.45) is 6.65. The van der Waals surface area contributed by atoms with Crippen LogP contribution in [0, 0.1) is 0 Å². The van der Waals surface area contributed by atoms with Crippen LogP contribution < -0.4 is 11.1 Å². The van der Waals surface area contributed by atoms with Gasteiger partial charge in [0.25, 0.3) is 0 Å². The van der Waals surface area contributed by atoms with Crippen LogP contribution in [-0.4, -0.2) is 39.6 Å². The van der Waals surface area contributed by atoms with Gasteiger partial charge in [-0.3, -0.25) is 9.69 Å². The van der Waals surface area contributed by atoms with Crippen molar-refractivity contribution in [2.45, 2.75) is 57.0 Å². The largest absolute Gasteiger partial charge is 0.374 e. The molecule has 1 aliphatic carbocycles. The number of carbonyl (C=O) groups excluding carboxylic acids is 1. The molecule has 1 aromatic heterocycles. The number of likely N-dealkylation sites (tertiary alicyclic amines) is 1. The molecule has 0 aromatic carbocycles. The molecule has 7 heteroatoms. The molecular weight excluding hydrogens is 286 g/mol. The van der Waals surface area contributed by atoms with Gasteiger partial charge in [0.05, 0.1) is 6.04 Å². The number of carbonyl (C=O) groups is 1. The number of nitrogens with two attached hydrogens (primary N) is 1. The summed E-state index contributed by atoms with van der Waals surface area (Å²) >= 11 is 1.34. The van der Waals surface area contributed by atoms with Gasteiger partial charge >= 0.3 is 0 Å². The Balaban J connectivity index is 1.72. The molecule has 0 unspecified atom stereocenters. The zero-order valence-corrected chi connectivity index (χ0v) is 13.3. The highest BCUT2D eigenvalue weighted by Crippen LogP contribution is 2.38. The molecule has 2 aliphatic rings. The van der Waals surface area contributed by atoms with Crippen LogP contribution in [0.2, 0.25) is 0 Å². The van der Waals surface area contributed by atoms with Crippen molar-refractivity contribution in [2.75, 3.05) is 18.8 Å². The van der Waals surface area contributed by atoms with Crippen molar-refractivity contribution >= 4 is 22.4 Å². The van der Waals surface area contributed by atoms with E-state index in [0.717, 1.165) is 43.8 Å². The molecule has 1 atom stereocenters. The Kier molecular flexibility index (Phi) is 4.12. The number of nitrogens with zero attached hydrogens (tertiary/aromatic N) is 3. The van der Waals surface area contributed by atoms with Crippen LogP contribution in [-0.2, 0) is 4.79 Å². The Morgan fingerprint density at radius 3 is 2.52 bits per heavy atom. The summed E-state index contributed by atoms with van der Waals surface area (Å²) in [6.45, 7) is 4.05. The number of rotatable bonds is 4. The molecule has 1 saturated carbocycles. The van der Waals surface area contributed by atoms with Crippen LogP contribution in [0.1, 0.15) is 56.5 Å². The van der Waals surface area contributed by atoms with Crippen LogP contribution in [0.25, 0.3) is 0 Å². The van der Waals surface area contributed by atoms with Gasteiger partial charge in [-0.1, -0.05) is 24.2 Å². The summed E-state index contributed by atoms with van der Waals surface area (Å²) in [5.74, 6) is 0.156. The van der Waals surface area contributed by atoms with Crippen molar-refractivity contribution in [3.63, 3.8) is 0 Å². The quantitative estimate of drug-likeness (QED) is 0.884. The van der Waals surface area contributed by atoms with Crippen molar-refractivity contribution < 1.29 is 4.79 Å². The Bertz CT molecular complexity index is 505. The van der Waals surface area contributed by atoms with Crippen LogP contribution in [0.5, 0.6) is 0 Å². The second-order valence-electron chi connectivity index (χ2n) is 6.11. The molecule has 1 amide bonds. The molecule has 1 aliphatic heterocycles. The van der Waals surface area contributed by atoms with E-state index in [0.29, 0.717) is 5.13 Å². The van der Waals surface area contributed by atoms with E-state index < -0.39 is 0 Å². The predicted octanol–water partition coefficient (Wildman–Crippen LogP) is 1.71. The smallest absolute Gasteiger partial charge is 0.241 e. The van der Waals surface area contributed by atoms with Gasteiger partial charge in [0.2, 0.25) is 11.0 Å². The Morgan fingerprint density at radius 1 is 1.29 bits per heavy atom. The zero-order valence-electron chi connectivity index (χ0n) is 12.5. The molecule has 3 N–H and O–H groups in total. The number of nitrogen functional groups attached to an aromatic ring is 1. The van der Waals surface area contributed by atoms with E-state index in [4.69, 9.17) is 5.73 Å². The normalized spacial score (nSPS) is 23.3. The fraction of sp³-hybridized carbons (Fsp3) is 0.786. The summed E-state index contributed by atoms with van der Waals surface area (Å²) in [4.78, 5) is 15.3. The van der Waals surface area contributed by atoms with Crippen molar-refractivity contribution in [3.05, 3.63) is 5.01 Å². The van der Waals surface area contributed by atoms with Gasteiger partial charge in [-0.25, -0.2) is 0 Å². The number of aromatic nitrogens is 2. The Hall–Kier alpha value is -1.21. The maximum absolute atomic E-state index is 12.9. The Labute approximate surface area is 129 Å². The first-order chi connectivity index (χ1) is 10.1. The average Bonchev–Trinajstić information content (AvgIpc) is 3.20. The first-order valence-corrected chi connectivity index (χ1v) is 8.58. The molecule has 21 heavy (non-hydrogen) atoms. The van der Waals surface area contributed by atoms with Gasteiger partial charge in [0.1, 0.15) is 10.5 Å².